The SMILES string of the molecule is O=S(=O)(Nc1cn[nH]c1)c1ccnc(Cl)c1. The normalized spacial score (nSPS) is 11.3. The van der Waals surface area contributed by atoms with E-state index in [1.165, 1.54) is 30.7 Å². The highest BCUT2D eigenvalue weighted by Gasteiger charge is 2.14. The van der Waals surface area contributed by atoms with Crippen molar-refractivity contribution in [1.82, 2.24) is 15.2 Å². The number of nitrogens with one attached hydrogen (secondary N) is 2. The first-order valence-electron chi connectivity index (χ1n) is 4.21. The number of sulfonamides is 1. The van der Waals surface area contributed by atoms with Crippen molar-refractivity contribution in [1.29, 1.82) is 0 Å². The summed E-state index contributed by atoms with van der Waals surface area (Å²) in [6, 6.07) is 2.62. The van der Waals surface area contributed by atoms with E-state index in [1.807, 2.05) is 0 Å². The van der Waals surface area contributed by atoms with Crippen LogP contribution in [-0.2, 0) is 10.0 Å². The van der Waals surface area contributed by atoms with E-state index < -0.39 is 10.0 Å². The van der Waals surface area contributed by atoms with E-state index in [1.54, 1.807) is 0 Å². The molecule has 2 rings (SSSR count). The largest absolute Gasteiger partial charge is 0.284 e. The summed E-state index contributed by atoms with van der Waals surface area (Å²) in [6.45, 7) is 0. The second-order valence-electron chi connectivity index (χ2n) is 2.91. The van der Waals surface area contributed by atoms with E-state index in [0.29, 0.717) is 5.69 Å². The molecule has 0 saturated carbocycles. The van der Waals surface area contributed by atoms with E-state index in [9.17, 15) is 8.42 Å². The number of hydrogen-bond acceptors (Lipinski definition) is 4. The molecule has 2 N–H and O–H groups in total. The summed E-state index contributed by atoms with van der Waals surface area (Å²) >= 11 is 5.61. The van der Waals surface area contributed by atoms with Crippen molar-refractivity contribution in [3.63, 3.8) is 0 Å². The Bertz CT molecular complexity index is 582. The Morgan fingerprint density at radius 1 is 1.44 bits per heavy atom. The van der Waals surface area contributed by atoms with Crippen molar-refractivity contribution >= 4 is 27.3 Å². The molecule has 0 amide bonds. The maximum Gasteiger partial charge on any atom is 0.262 e. The van der Waals surface area contributed by atoms with Gasteiger partial charge in [0.25, 0.3) is 10.0 Å². The van der Waals surface area contributed by atoms with Crippen molar-refractivity contribution in [2.24, 2.45) is 0 Å². The Balaban J connectivity index is 2.33. The maximum absolute atomic E-state index is 11.8. The van der Waals surface area contributed by atoms with Gasteiger partial charge in [-0.2, -0.15) is 5.10 Å². The van der Waals surface area contributed by atoms with Crippen molar-refractivity contribution in [2.45, 2.75) is 4.90 Å². The average molecular weight is 259 g/mol. The van der Waals surface area contributed by atoms with Gasteiger partial charge < -0.3 is 0 Å². The zero-order valence-electron chi connectivity index (χ0n) is 7.88. The van der Waals surface area contributed by atoms with Crippen LogP contribution in [0.2, 0.25) is 5.15 Å². The van der Waals surface area contributed by atoms with Crippen LogP contribution in [0.4, 0.5) is 5.69 Å². The zero-order chi connectivity index (χ0) is 11.6. The van der Waals surface area contributed by atoms with Crippen LogP contribution in [0.3, 0.4) is 0 Å². The fourth-order valence-electron chi connectivity index (χ4n) is 1.07. The quantitative estimate of drug-likeness (QED) is 0.812. The molecule has 0 aliphatic carbocycles. The van der Waals surface area contributed by atoms with Gasteiger partial charge in [-0.1, -0.05) is 11.6 Å². The summed E-state index contributed by atoms with van der Waals surface area (Å²) in [5, 5.41) is 6.25. The third-order valence-corrected chi connectivity index (χ3v) is 3.34. The second kappa shape index (κ2) is 4.11. The summed E-state index contributed by atoms with van der Waals surface area (Å²) in [5.74, 6) is 0. The molecule has 0 saturated heterocycles. The van der Waals surface area contributed by atoms with Crippen LogP contribution in [0.1, 0.15) is 0 Å². The standard InChI is InChI=1S/C8H7ClN4O2S/c9-8-3-7(1-2-10-8)16(14,15)13-6-4-11-12-5-6/h1-5,13H,(H,11,12). The first kappa shape index (κ1) is 10.9. The van der Waals surface area contributed by atoms with E-state index in [0.717, 1.165) is 0 Å². The Labute approximate surface area is 96.7 Å². The molecule has 0 aliphatic rings. The molecule has 2 aromatic heterocycles. The number of anilines is 1. The molecule has 6 nitrogen and oxygen atoms in total. The first-order chi connectivity index (χ1) is 7.58. The van der Waals surface area contributed by atoms with Crippen LogP contribution in [0.25, 0.3) is 0 Å². The number of aromatic amines is 1. The molecule has 84 valence electrons. The first-order valence-corrected chi connectivity index (χ1v) is 6.07. The van der Waals surface area contributed by atoms with Gasteiger partial charge in [0.1, 0.15) is 5.15 Å². The Hall–Kier alpha value is -1.60. The van der Waals surface area contributed by atoms with Crippen LogP contribution >= 0.6 is 11.6 Å². The highest BCUT2D eigenvalue weighted by Crippen LogP contribution is 2.16. The van der Waals surface area contributed by atoms with Crippen LogP contribution in [0.5, 0.6) is 0 Å². The number of halogens is 1. The molecule has 0 unspecified atom stereocenters. The van der Waals surface area contributed by atoms with Gasteiger partial charge in [-0.05, 0) is 12.1 Å². The van der Waals surface area contributed by atoms with Crippen molar-refractivity contribution in [2.75, 3.05) is 4.72 Å². The van der Waals surface area contributed by atoms with Gasteiger partial charge in [-0.3, -0.25) is 9.82 Å². The lowest BCUT2D eigenvalue weighted by Gasteiger charge is -2.05. The zero-order valence-corrected chi connectivity index (χ0v) is 9.46. The summed E-state index contributed by atoms with van der Waals surface area (Å²) < 4.78 is 26.0. The van der Waals surface area contributed by atoms with Gasteiger partial charge in [0, 0.05) is 12.4 Å². The Morgan fingerprint density at radius 3 is 2.88 bits per heavy atom. The molecule has 0 aliphatic heterocycles. The number of nitrogens with zero attached hydrogens (tertiary/aromatic N) is 2. The minimum absolute atomic E-state index is 0.0497. The van der Waals surface area contributed by atoms with Gasteiger partial charge >= 0.3 is 0 Å². The van der Waals surface area contributed by atoms with Crippen LogP contribution < -0.4 is 4.72 Å². The minimum atomic E-state index is -3.64. The lowest BCUT2D eigenvalue weighted by atomic mass is 10.5. The summed E-state index contributed by atoms with van der Waals surface area (Å²) in [7, 11) is -3.64. The summed E-state index contributed by atoms with van der Waals surface area (Å²) in [6.07, 6.45) is 4.12. The summed E-state index contributed by atoms with van der Waals surface area (Å²) in [4.78, 5) is 3.75. The van der Waals surface area contributed by atoms with Crippen molar-refractivity contribution in [3.8, 4) is 0 Å². The molecule has 0 spiro atoms. The minimum Gasteiger partial charge on any atom is -0.284 e. The smallest absolute Gasteiger partial charge is 0.262 e. The molecule has 2 aromatic rings. The molecule has 0 bridgehead atoms. The van der Waals surface area contributed by atoms with Crippen molar-refractivity contribution < 1.29 is 8.42 Å². The predicted molar refractivity (Wildman–Crippen MR) is 58.6 cm³/mol. The number of aromatic nitrogens is 3. The van der Waals surface area contributed by atoms with Crippen molar-refractivity contribution in [3.05, 3.63) is 35.9 Å². The van der Waals surface area contributed by atoms with E-state index in [4.69, 9.17) is 11.6 Å². The molecule has 2 heterocycles. The average Bonchev–Trinajstić information content (AvgIpc) is 2.70. The predicted octanol–water partition coefficient (Wildman–Crippen LogP) is 1.26. The molecule has 8 heteroatoms. The maximum atomic E-state index is 11.8. The van der Waals surface area contributed by atoms with Gasteiger partial charge in [0.15, 0.2) is 0 Å². The fraction of sp³-hybridized carbons (Fsp3) is 0. The number of rotatable bonds is 3. The van der Waals surface area contributed by atoms with E-state index >= 15 is 0 Å². The third kappa shape index (κ3) is 2.31. The molecule has 0 fully saturated rings. The Morgan fingerprint density at radius 2 is 2.25 bits per heavy atom. The molecule has 16 heavy (non-hydrogen) atoms. The Kier molecular flexibility index (Phi) is 2.80. The van der Waals surface area contributed by atoms with E-state index in [2.05, 4.69) is 19.9 Å². The third-order valence-electron chi connectivity index (χ3n) is 1.76. The highest BCUT2D eigenvalue weighted by atomic mass is 35.5. The monoisotopic (exact) mass is 258 g/mol. The lowest BCUT2D eigenvalue weighted by Crippen LogP contribution is -2.12. The highest BCUT2D eigenvalue weighted by molar-refractivity contribution is 7.92. The molecule has 0 aromatic carbocycles. The van der Waals surface area contributed by atoms with Crippen LogP contribution in [-0.4, -0.2) is 23.6 Å². The summed E-state index contributed by atoms with van der Waals surface area (Å²) in [5.41, 5.74) is 0.355. The van der Waals surface area contributed by atoms with Gasteiger partial charge in [-0.15, -0.1) is 0 Å². The van der Waals surface area contributed by atoms with E-state index in [-0.39, 0.29) is 10.0 Å². The second-order valence-corrected chi connectivity index (χ2v) is 4.98. The number of H-pyrrole nitrogens is 1. The van der Waals surface area contributed by atoms with Gasteiger partial charge in [0.05, 0.1) is 16.8 Å². The molecule has 0 atom stereocenters. The van der Waals surface area contributed by atoms with Gasteiger partial charge in [-0.25, -0.2) is 13.4 Å². The number of hydrogen-bond donors (Lipinski definition) is 2. The number of pyridine rings is 1. The van der Waals surface area contributed by atoms with Crippen LogP contribution in [0, 0.1) is 0 Å². The topological polar surface area (TPSA) is 87.7 Å². The lowest BCUT2D eigenvalue weighted by molar-refractivity contribution is 0.601. The van der Waals surface area contributed by atoms with Crippen LogP contribution in [0.15, 0.2) is 35.6 Å². The molecular formula is C8H7ClN4O2S. The molecular weight excluding hydrogens is 252 g/mol. The molecule has 0 radical (unpaired) electrons. The van der Waals surface area contributed by atoms with Gasteiger partial charge in [0.2, 0.25) is 0 Å². The fourth-order valence-corrected chi connectivity index (χ4v) is 2.36.